The monoisotopic (exact) mass is 473 g/mol. The number of amides is 2. The molecular weight excluding hydrogens is 446 g/mol. The van der Waals surface area contributed by atoms with Crippen LogP contribution < -0.4 is 10.0 Å². The lowest BCUT2D eigenvalue weighted by atomic mass is 10.0. The maximum atomic E-state index is 12.5. The Kier molecular flexibility index (Phi) is 7.22. The molecule has 1 aromatic rings. The van der Waals surface area contributed by atoms with E-state index in [0.29, 0.717) is 38.1 Å². The summed E-state index contributed by atoms with van der Waals surface area (Å²) in [6.45, 7) is 3.04. The van der Waals surface area contributed by atoms with Gasteiger partial charge in [0.05, 0.1) is 23.0 Å². The van der Waals surface area contributed by atoms with E-state index >= 15 is 0 Å². The minimum Gasteiger partial charge on any atom is -0.450 e. The van der Waals surface area contributed by atoms with Gasteiger partial charge < -0.3 is 15.0 Å². The van der Waals surface area contributed by atoms with Gasteiger partial charge in [-0.2, -0.15) is 0 Å². The standard InChI is InChI=1S/C19H27N3O7S2/c1-2-29-19(24)22-10-7-15(8-11-22)20-18(23)14-3-5-17(6-4-14)31(27,28)21-16-9-12-30(25,26)13-16/h3-6,15-16,21H,2,7-13H2,1H3,(H,20,23). The Morgan fingerprint density at radius 1 is 1.10 bits per heavy atom. The van der Waals surface area contributed by atoms with Crippen LogP contribution >= 0.6 is 0 Å². The number of carbonyl (C=O) groups excluding carboxylic acids is 2. The van der Waals surface area contributed by atoms with Crippen molar-refractivity contribution in [1.82, 2.24) is 14.9 Å². The summed E-state index contributed by atoms with van der Waals surface area (Å²) in [5.74, 6) is -0.562. The molecule has 0 spiro atoms. The molecule has 0 radical (unpaired) electrons. The second-order valence-electron chi connectivity index (χ2n) is 7.68. The number of sulfonamides is 1. The number of carbonyl (C=O) groups is 2. The highest BCUT2D eigenvalue weighted by Gasteiger charge is 2.31. The van der Waals surface area contributed by atoms with Crippen molar-refractivity contribution in [2.24, 2.45) is 0 Å². The summed E-state index contributed by atoms with van der Waals surface area (Å²) >= 11 is 0. The normalized spacial score (nSPS) is 21.6. The van der Waals surface area contributed by atoms with Crippen LogP contribution in [-0.2, 0) is 24.6 Å². The van der Waals surface area contributed by atoms with Crippen LogP contribution in [0.4, 0.5) is 4.79 Å². The minimum atomic E-state index is -3.88. The fraction of sp³-hybridized carbons (Fsp3) is 0.579. The topological polar surface area (TPSA) is 139 Å². The first-order valence-corrected chi connectivity index (χ1v) is 13.5. The van der Waals surface area contributed by atoms with E-state index in [-0.39, 0.29) is 40.9 Å². The summed E-state index contributed by atoms with van der Waals surface area (Å²) < 4.78 is 55.4. The van der Waals surface area contributed by atoms with Gasteiger partial charge in [-0.3, -0.25) is 4.79 Å². The van der Waals surface area contributed by atoms with E-state index in [9.17, 15) is 26.4 Å². The van der Waals surface area contributed by atoms with Gasteiger partial charge in [-0.15, -0.1) is 0 Å². The average Bonchev–Trinajstić information content (AvgIpc) is 3.06. The Morgan fingerprint density at radius 3 is 2.29 bits per heavy atom. The van der Waals surface area contributed by atoms with E-state index in [0.717, 1.165) is 0 Å². The summed E-state index contributed by atoms with van der Waals surface area (Å²) in [5, 5.41) is 2.90. The Morgan fingerprint density at radius 2 is 1.74 bits per heavy atom. The number of likely N-dealkylation sites (tertiary alicyclic amines) is 1. The number of nitrogens with one attached hydrogen (secondary N) is 2. The maximum Gasteiger partial charge on any atom is 0.409 e. The third-order valence-electron chi connectivity index (χ3n) is 5.34. The van der Waals surface area contributed by atoms with Gasteiger partial charge in [-0.25, -0.2) is 26.4 Å². The maximum absolute atomic E-state index is 12.5. The van der Waals surface area contributed by atoms with Crippen molar-refractivity contribution < 1.29 is 31.2 Å². The first-order chi connectivity index (χ1) is 14.6. The molecule has 0 saturated carbocycles. The van der Waals surface area contributed by atoms with Gasteiger partial charge in [0.2, 0.25) is 10.0 Å². The molecule has 12 heteroatoms. The molecule has 3 rings (SSSR count). The number of rotatable bonds is 6. The second kappa shape index (κ2) is 9.53. The molecule has 2 amide bonds. The van der Waals surface area contributed by atoms with Crippen LogP contribution in [0.1, 0.15) is 36.5 Å². The molecule has 172 valence electrons. The summed E-state index contributed by atoms with van der Waals surface area (Å²) in [7, 11) is -7.08. The van der Waals surface area contributed by atoms with Crippen molar-refractivity contribution >= 4 is 31.9 Å². The summed E-state index contributed by atoms with van der Waals surface area (Å²) in [6, 6.07) is 4.76. The Bertz CT molecular complexity index is 1020. The number of sulfone groups is 1. The van der Waals surface area contributed by atoms with Crippen LogP contribution in [0.3, 0.4) is 0 Å². The van der Waals surface area contributed by atoms with Crippen molar-refractivity contribution in [3.63, 3.8) is 0 Å². The molecule has 2 aliphatic heterocycles. The van der Waals surface area contributed by atoms with Crippen molar-refractivity contribution in [3.8, 4) is 0 Å². The number of ether oxygens (including phenoxy) is 1. The summed E-state index contributed by atoms with van der Waals surface area (Å²) in [6.07, 6.45) is 1.10. The van der Waals surface area contributed by atoms with Gasteiger partial charge in [0.25, 0.3) is 5.91 Å². The summed E-state index contributed by atoms with van der Waals surface area (Å²) in [5.41, 5.74) is 0.315. The van der Waals surface area contributed by atoms with Gasteiger partial charge in [0.1, 0.15) is 0 Å². The van der Waals surface area contributed by atoms with E-state index < -0.39 is 25.9 Å². The van der Waals surface area contributed by atoms with Crippen molar-refractivity contribution in [1.29, 1.82) is 0 Å². The Hall–Kier alpha value is -2.18. The molecule has 1 aromatic carbocycles. The highest BCUT2D eigenvalue weighted by atomic mass is 32.2. The molecular formula is C19H27N3O7S2. The van der Waals surface area contributed by atoms with Crippen LogP contribution in [0.5, 0.6) is 0 Å². The molecule has 2 aliphatic rings. The lowest BCUT2D eigenvalue weighted by Crippen LogP contribution is -2.46. The van der Waals surface area contributed by atoms with Gasteiger partial charge in [-0.1, -0.05) is 0 Å². The molecule has 0 aromatic heterocycles. The molecule has 31 heavy (non-hydrogen) atoms. The molecule has 0 aliphatic carbocycles. The van der Waals surface area contributed by atoms with Gasteiger partial charge in [0.15, 0.2) is 9.84 Å². The Balaban J connectivity index is 1.54. The van der Waals surface area contributed by atoms with Crippen LogP contribution in [0.25, 0.3) is 0 Å². The van der Waals surface area contributed by atoms with Gasteiger partial charge in [0, 0.05) is 30.7 Å². The van der Waals surface area contributed by atoms with Crippen LogP contribution in [-0.4, -0.2) is 77.0 Å². The van der Waals surface area contributed by atoms with Gasteiger partial charge >= 0.3 is 6.09 Å². The molecule has 1 unspecified atom stereocenters. The molecule has 2 N–H and O–H groups in total. The van der Waals surface area contributed by atoms with Crippen molar-refractivity contribution in [2.45, 2.75) is 43.2 Å². The smallest absolute Gasteiger partial charge is 0.409 e. The third kappa shape index (κ3) is 6.17. The highest BCUT2D eigenvalue weighted by Crippen LogP contribution is 2.17. The zero-order valence-corrected chi connectivity index (χ0v) is 18.9. The van der Waals surface area contributed by atoms with Crippen LogP contribution in [0.15, 0.2) is 29.2 Å². The van der Waals surface area contributed by atoms with Crippen LogP contribution in [0.2, 0.25) is 0 Å². The number of nitrogens with zero attached hydrogens (tertiary/aromatic N) is 1. The number of piperidine rings is 1. The lowest BCUT2D eigenvalue weighted by Gasteiger charge is -2.31. The van der Waals surface area contributed by atoms with E-state index in [1.165, 1.54) is 24.3 Å². The molecule has 0 bridgehead atoms. The molecule has 2 fully saturated rings. The zero-order chi connectivity index (χ0) is 22.6. The zero-order valence-electron chi connectivity index (χ0n) is 17.2. The first kappa shape index (κ1) is 23.5. The predicted molar refractivity (Wildman–Crippen MR) is 113 cm³/mol. The molecule has 1 atom stereocenters. The van der Waals surface area contributed by atoms with E-state index in [1.807, 2.05) is 0 Å². The first-order valence-electron chi connectivity index (χ1n) is 10.1. The van der Waals surface area contributed by atoms with Crippen molar-refractivity contribution in [3.05, 3.63) is 29.8 Å². The highest BCUT2D eigenvalue weighted by molar-refractivity contribution is 7.92. The van der Waals surface area contributed by atoms with Crippen LogP contribution in [0, 0.1) is 0 Å². The van der Waals surface area contributed by atoms with E-state index in [1.54, 1.807) is 11.8 Å². The quantitative estimate of drug-likeness (QED) is 0.613. The SMILES string of the molecule is CCOC(=O)N1CCC(NC(=O)c2ccc(S(=O)(=O)NC3CCS(=O)(=O)C3)cc2)CC1. The average molecular weight is 474 g/mol. The summed E-state index contributed by atoms with van der Waals surface area (Å²) in [4.78, 5) is 25.8. The lowest BCUT2D eigenvalue weighted by molar-refractivity contribution is 0.0860. The second-order valence-corrected chi connectivity index (χ2v) is 11.6. The van der Waals surface area contributed by atoms with E-state index in [4.69, 9.17) is 4.74 Å². The number of benzene rings is 1. The fourth-order valence-corrected chi connectivity index (χ4v) is 6.70. The molecule has 2 heterocycles. The molecule has 2 saturated heterocycles. The van der Waals surface area contributed by atoms with E-state index in [2.05, 4.69) is 10.0 Å². The third-order valence-corrected chi connectivity index (χ3v) is 8.64. The van der Waals surface area contributed by atoms with Crippen molar-refractivity contribution in [2.75, 3.05) is 31.2 Å². The molecule has 10 nitrogen and oxygen atoms in total. The van der Waals surface area contributed by atoms with Gasteiger partial charge in [-0.05, 0) is 50.5 Å². The number of hydrogen-bond donors (Lipinski definition) is 2. The largest absolute Gasteiger partial charge is 0.450 e. The fourth-order valence-electron chi connectivity index (χ4n) is 3.65. The Labute approximate surface area is 182 Å². The minimum absolute atomic E-state index is 0.0298. The predicted octanol–water partition coefficient (Wildman–Crippen LogP) is 0.503. The number of hydrogen-bond acceptors (Lipinski definition) is 7.